The summed E-state index contributed by atoms with van der Waals surface area (Å²) in [4.78, 5) is 0. The average Bonchev–Trinajstić information content (AvgIpc) is 2.80. The lowest BCUT2D eigenvalue weighted by molar-refractivity contribution is 0.628. The molecule has 2 rings (SSSR count). The van der Waals surface area contributed by atoms with Crippen molar-refractivity contribution in [2.75, 3.05) is 10.6 Å². The van der Waals surface area contributed by atoms with Crippen molar-refractivity contribution < 1.29 is 4.39 Å². The molecule has 0 saturated carbocycles. The number of thiocarbonyl (C=S) groups is 1. The highest BCUT2D eigenvalue weighted by Gasteiger charge is 2.08. The fourth-order valence-electron chi connectivity index (χ4n) is 1.57. The highest BCUT2D eigenvalue weighted by atomic mass is 35.5. The molecule has 0 fully saturated rings. The van der Waals surface area contributed by atoms with E-state index in [2.05, 4.69) is 34.7 Å². The van der Waals surface area contributed by atoms with Crippen LogP contribution in [0, 0.1) is 11.7 Å². The molecule has 0 spiro atoms. The van der Waals surface area contributed by atoms with Gasteiger partial charge in [-0.25, -0.2) is 4.39 Å². The van der Waals surface area contributed by atoms with Gasteiger partial charge in [0.2, 0.25) is 5.13 Å². The Morgan fingerprint density at radius 2 is 2.14 bits per heavy atom. The second kappa shape index (κ2) is 7.11. The molecule has 0 bridgehead atoms. The highest BCUT2D eigenvalue weighted by molar-refractivity contribution is 7.80. The first-order valence-corrected chi connectivity index (χ1v) is 7.89. The zero-order valence-corrected chi connectivity index (χ0v) is 13.9. The molecule has 0 aliphatic carbocycles. The van der Waals surface area contributed by atoms with Crippen LogP contribution in [0.15, 0.2) is 18.2 Å². The first-order chi connectivity index (χ1) is 9.94. The van der Waals surface area contributed by atoms with Crippen molar-refractivity contribution in [1.29, 1.82) is 0 Å². The lowest BCUT2D eigenvalue weighted by atomic mass is 10.1. The van der Waals surface area contributed by atoms with Crippen molar-refractivity contribution >= 4 is 51.1 Å². The molecular formula is C13H14ClFN4S2. The second-order valence-electron chi connectivity index (χ2n) is 4.81. The van der Waals surface area contributed by atoms with Gasteiger partial charge in [0.1, 0.15) is 10.8 Å². The van der Waals surface area contributed by atoms with Crippen LogP contribution in [-0.4, -0.2) is 15.3 Å². The third-order valence-electron chi connectivity index (χ3n) is 2.45. The number of nitrogens with one attached hydrogen (secondary N) is 2. The number of hydrogen-bond acceptors (Lipinski definition) is 4. The Balaban J connectivity index is 1.95. The molecule has 2 N–H and O–H groups in total. The van der Waals surface area contributed by atoms with Gasteiger partial charge in [0.15, 0.2) is 5.11 Å². The lowest BCUT2D eigenvalue weighted by Gasteiger charge is -2.08. The summed E-state index contributed by atoms with van der Waals surface area (Å²) in [5.41, 5.74) is 0.603. The van der Waals surface area contributed by atoms with Crippen LogP contribution in [0.3, 0.4) is 0 Å². The molecule has 2 aromatic rings. The molecule has 4 nitrogen and oxygen atoms in total. The normalized spacial score (nSPS) is 10.7. The topological polar surface area (TPSA) is 49.8 Å². The van der Waals surface area contributed by atoms with E-state index in [9.17, 15) is 4.39 Å². The average molecular weight is 345 g/mol. The number of aromatic nitrogens is 2. The van der Waals surface area contributed by atoms with Crippen molar-refractivity contribution in [3.05, 3.63) is 34.0 Å². The zero-order chi connectivity index (χ0) is 15.4. The van der Waals surface area contributed by atoms with Crippen LogP contribution in [0.1, 0.15) is 18.9 Å². The molecular weight excluding hydrogens is 331 g/mol. The summed E-state index contributed by atoms with van der Waals surface area (Å²) in [5.74, 6) is 0.0563. The lowest BCUT2D eigenvalue weighted by Crippen LogP contribution is -2.18. The molecule has 1 heterocycles. The minimum atomic E-state index is -0.469. The smallest absolute Gasteiger partial charge is 0.211 e. The van der Waals surface area contributed by atoms with E-state index in [4.69, 9.17) is 23.8 Å². The van der Waals surface area contributed by atoms with Gasteiger partial charge in [-0.2, -0.15) is 0 Å². The monoisotopic (exact) mass is 344 g/mol. The standard InChI is InChI=1S/C13H14ClFN4S2/c1-7(2)5-11-18-19-13(21-11)17-12(20)16-8-3-4-10(15)9(14)6-8/h3-4,6-7H,5H2,1-2H3,(H2,16,17,19,20). The Kier molecular flexibility index (Phi) is 5.44. The summed E-state index contributed by atoms with van der Waals surface area (Å²) < 4.78 is 13.1. The second-order valence-corrected chi connectivity index (χ2v) is 6.68. The van der Waals surface area contributed by atoms with Crippen LogP contribution in [0.5, 0.6) is 0 Å². The maximum absolute atomic E-state index is 13.1. The van der Waals surface area contributed by atoms with Gasteiger partial charge in [-0.1, -0.05) is 36.8 Å². The van der Waals surface area contributed by atoms with E-state index in [-0.39, 0.29) is 5.02 Å². The summed E-state index contributed by atoms with van der Waals surface area (Å²) >= 11 is 12.3. The van der Waals surface area contributed by atoms with Gasteiger partial charge in [0.05, 0.1) is 5.02 Å². The highest BCUT2D eigenvalue weighted by Crippen LogP contribution is 2.21. The van der Waals surface area contributed by atoms with Crippen LogP contribution in [-0.2, 0) is 6.42 Å². The molecule has 0 aliphatic heterocycles. The van der Waals surface area contributed by atoms with Gasteiger partial charge < -0.3 is 10.6 Å². The third-order valence-corrected chi connectivity index (χ3v) is 3.80. The van der Waals surface area contributed by atoms with Crippen molar-refractivity contribution in [1.82, 2.24) is 10.2 Å². The number of halogens is 2. The summed E-state index contributed by atoms with van der Waals surface area (Å²) in [7, 11) is 0. The Hall–Kier alpha value is -1.31. The van der Waals surface area contributed by atoms with Gasteiger partial charge >= 0.3 is 0 Å². The Morgan fingerprint density at radius 3 is 2.81 bits per heavy atom. The van der Waals surface area contributed by atoms with E-state index in [0.29, 0.717) is 21.8 Å². The number of hydrogen-bond donors (Lipinski definition) is 2. The quantitative estimate of drug-likeness (QED) is 0.808. The number of rotatable bonds is 4. The SMILES string of the molecule is CC(C)Cc1nnc(NC(=S)Nc2ccc(F)c(Cl)c2)s1. The maximum atomic E-state index is 13.1. The van der Waals surface area contributed by atoms with Crippen molar-refractivity contribution in [2.24, 2.45) is 5.92 Å². The van der Waals surface area contributed by atoms with Crippen molar-refractivity contribution in [2.45, 2.75) is 20.3 Å². The molecule has 21 heavy (non-hydrogen) atoms. The van der Waals surface area contributed by atoms with Crippen molar-refractivity contribution in [3.63, 3.8) is 0 Å². The summed E-state index contributed by atoms with van der Waals surface area (Å²) in [6.45, 7) is 4.25. The van der Waals surface area contributed by atoms with E-state index < -0.39 is 5.82 Å². The molecule has 0 amide bonds. The zero-order valence-electron chi connectivity index (χ0n) is 11.5. The maximum Gasteiger partial charge on any atom is 0.211 e. The number of nitrogens with zero attached hydrogens (tertiary/aromatic N) is 2. The van der Waals surface area contributed by atoms with E-state index in [1.54, 1.807) is 6.07 Å². The van der Waals surface area contributed by atoms with Crippen molar-refractivity contribution in [3.8, 4) is 0 Å². The van der Waals surface area contributed by atoms with Crippen LogP contribution >= 0.6 is 35.2 Å². The molecule has 0 radical (unpaired) electrons. The molecule has 0 atom stereocenters. The van der Waals surface area contributed by atoms with E-state index >= 15 is 0 Å². The summed E-state index contributed by atoms with van der Waals surface area (Å²) in [6.07, 6.45) is 0.882. The molecule has 112 valence electrons. The summed E-state index contributed by atoms with van der Waals surface area (Å²) in [6, 6.07) is 4.30. The molecule has 0 aliphatic rings. The van der Waals surface area contributed by atoms with Crippen LogP contribution in [0.2, 0.25) is 5.02 Å². The van der Waals surface area contributed by atoms with Gasteiger partial charge in [0, 0.05) is 12.1 Å². The van der Waals surface area contributed by atoms with Crippen LogP contribution in [0.25, 0.3) is 0 Å². The number of benzene rings is 1. The fraction of sp³-hybridized carbons (Fsp3) is 0.308. The summed E-state index contributed by atoms with van der Waals surface area (Å²) in [5, 5.41) is 16.0. The first kappa shape index (κ1) is 16.1. The fourth-order valence-corrected chi connectivity index (χ4v) is 2.99. The molecule has 0 unspecified atom stereocenters. The van der Waals surface area contributed by atoms with E-state index in [0.717, 1.165) is 11.4 Å². The van der Waals surface area contributed by atoms with Gasteiger partial charge in [-0.3, -0.25) is 0 Å². The predicted molar refractivity (Wildman–Crippen MR) is 89.7 cm³/mol. The predicted octanol–water partition coefficient (Wildman–Crippen LogP) is 4.34. The Bertz CT molecular complexity index is 645. The first-order valence-electron chi connectivity index (χ1n) is 6.29. The Morgan fingerprint density at radius 1 is 1.38 bits per heavy atom. The molecule has 8 heteroatoms. The minimum absolute atomic E-state index is 0.0398. The Labute approximate surface area is 136 Å². The van der Waals surface area contributed by atoms with Crippen LogP contribution < -0.4 is 10.6 Å². The largest absolute Gasteiger partial charge is 0.332 e. The van der Waals surface area contributed by atoms with E-state index in [1.807, 2.05) is 0 Å². The van der Waals surface area contributed by atoms with Gasteiger partial charge in [0.25, 0.3) is 0 Å². The van der Waals surface area contributed by atoms with Gasteiger partial charge in [-0.05, 0) is 36.3 Å². The molecule has 1 aromatic carbocycles. The minimum Gasteiger partial charge on any atom is -0.332 e. The molecule has 1 aromatic heterocycles. The van der Waals surface area contributed by atoms with Crippen LogP contribution in [0.4, 0.5) is 15.2 Å². The molecule has 0 saturated heterocycles. The van der Waals surface area contributed by atoms with Gasteiger partial charge in [-0.15, -0.1) is 10.2 Å². The van der Waals surface area contributed by atoms with E-state index in [1.165, 1.54) is 23.5 Å². The number of anilines is 2. The third kappa shape index (κ3) is 4.87.